The molecule has 1 saturated heterocycles. The monoisotopic (exact) mass is 198 g/mol. The highest BCUT2D eigenvalue weighted by atomic mass is 32.2. The summed E-state index contributed by atoms with van der Waals surface area (Å²) in [5, 5.41) is 12.6. The van der Waals surface area contributed by atoms with Crippen molar-refractivity contribution in [1.29, 1.82) is 5.26 Å². The molecule has 0 radical (unpaired) electrons. The quantitative estimate of drug-likeness (QED) is 0.755. The molecule has 0 amide bonds. The van der Waals surface area contributed by atoms with Crippen molar-refractivity contribution in [3.05, 3.63) is 0 Å². The van der Waals surface area contributed by atoms with Crippen molar-refractivity contribution in [2.75, 3.05) is 11.5 Å². The van der Waals surface area contributed by atoms with Gasteiger partial charge in [0.1, 0.15) is 5.54 Å². The Hall–Kier alpha value is -0.200. The zero-order valence-electron chi connectivity index (χ0n) is 8.47. The number of rotatable bonds is 3. The summed E-state index contributed by atoms with van der Waals surface area (Å²) in [5.41, 5.74) is -0.222. The summed E-state index contributed by atoms with van der Waals surface area (Å²) >= 11 is 1.96. The van der Waals surface area contributed by atoms with Crippen LogP contribution in [0.2, 0.25) is 0 Å². The average molecular weight is 198 g/mol. The molecule has 0 bridgehead atoms. The first-order chi connectivity index (χ1) is 6.22. The zero-order chi connectivity index (χ0) is 9.73. The van der Waals surface area contributed by atoms with Gasteiger partial charge < -0.3 is 0 Å². The van der Waals surface area contributed by atoms with Crippen molar-refractivity contribution in [3.63, 3.8) is 0 Å². The smallest absolute Gasteiger partial charge is 0.108 e. The first kappa shape index (κ1) is 10.9. The minimum atomic E-state index is -0.222. The SMILES string of the molecule is CCC(C)NC1(C#N)CCSCC1. The van der Waals surface area contributed by atoms with Crippen LogP contribution in [0.5, 0.6) is 0 Å². The van der Waals surface area contributed by atoms with Crippen LogP contribution < -0.4 is 5.32 Å². The number of nitriles is 1. The van der Waals surface area contributed by atoms with E-state index >= 15 is 0 Å². The van der Waals surface area contributed by atoms with E-state index in [2.05, 4.69) is 25.2 Å². The van der Waals surface area contributed by atoms with Gasteiger partial charge in [-0.25, -0.2) is 0 Å². The molecular formula is C10H18N2S. The van der Waals surface area contributed by atoms with Crippen molar-refractivity contribution >= 4 is 11.8 Å². The van der Waals surface area contributed by atoms with Crippen LogP contribution in [0.4, 0.5) is 0 Å². The molecule has 1 unspecified atom stereocenters. The first-order valence-corrected chi connectivity index (χ1v) is 6.14. The molecule has 0 aromatic carbocycles. The molecule has 0 aliphatic carbocycles. The molecule has 13 heavy (non-hydrogen) atoms. The first-order valence-electron chi connectivity index (χ1n) is 4.99. The van der Waals surface area contributed by atoms with E-state index in [9.17, 15) is 0 Å². The Kier molecular flexibility index (Phi) is 4.08. The molecule has 2 nitrogen and oxygen atoms in total. The Bertz CT molecular complexity index is 192. The molecule has 0 aromatic rings. The summed E-state index contributed by atoms with van der Waals surface area (Å²) in [5.74, 6) is 2.24. The van der Waals surface area contributed by atoms with Gasteiger partial charge in [0.05, 0.1) is 6.07 Å². The lowest BCUT2D eigenvalue weighted by Crippen LogP contribution is -2.50. The fourth-order valence-corrected chi connectivity index (χ4v) is 2.77. The summed E-state index contributed by atoms with van der Waals surface area (Å²) in [7, 11) is 0. The van der Waals surface area contributed by atoms with E-state index in [4.69, 9.17) is 5.26 Å². The molecule has 1 N–H and O–H groups in total. The Labute approximate surface area is 85.1 Å². The van der Waals surface area contributed by atoms with Gasteiger partial charge in [0.25, 0.3) is 0 Å². The van der Waals surface area contributed by atoms with Gasteiger partial charge in [-0.05, 0) is 37.7 Å². The third-order valence-electron chi connectivity index (χ3n) is 2.70. The van der Waals surface area contributed by atoms with E-state index in [1.807, 2.05) is 11.8 Å². The fourth-order valence-electron chi connectivity index (χ4n) is 1.58. The van der Waals surface area contributed by atoms with E-state index in [-0.39, 0.29) is 5.54 Å². The van der Waals surface area contributed by atoms with Gasteiger partial charge in [-0.1, -0.05) is 6.92 Å². The molecular weight excluding hydrogens is 180 g/mol. The zero-order valence-corrected chi connectivity index (χ0v) is 9.28. The van der Waals surface area contributed by atoms with E-state index < -0.39 is 0 Å². The predicted molar refractivity (Wildman–Crippen MR) is 57.8 cm³/mol. The Balaban J connectivity index is 2.53. The lowest BCUT2D eigenvalue weighted by molar-refractivity contribution is 0.338. The predicted octanol–water partition coefficient (Wildman–Crippen LogP) is 2.16. The van der Waals surface area contributed by atoms with Crippen LogP contribution in [0.3, 0.4) is 0 Å². The summed E-state index contributed by atoms with van der Waals surface area (Å²) in [6.07, 6.45) is 3.09. The topological polar surface area (TPSA) is 35.8 Å². The Morgan fingerprint density at radius 1 is 1.54 bits per heavy atom. The summed E-state index contributed by atoms with van der Waals surface area (Å²) in [4.78, 5) is 0. The van der Waals surface area contributed by atoms with Crippen molar-refractivity contribution in [1.82, 2.24) is 5.32 Å². The number of nitrogens with zero attached hydrogens (tertiary/aromatic N) is 1. The highest BCUT2D eigenvalue weighted by Crippen LogP contribution is 2.27. The van der Waals surface area contributed by atoms with Gasteiger partial charge in [-0.2, -0.15) is 17.0 Å². The maximum absolute atomic E-state index is 9.16. The van der Waals surface area contributed by atoms with Crippen molar-refractivity contribution in [2.24, 2.45) is 0 Å². The lowest BCUT2D eigenvalue weighted by Gasteiger charge is -2.33. The largest absolute Gasteiger partial charge is 0.297 e. The third kappa shape index (κ3) is 2.89. The highest BCUT2D eigenvalue weighted by molar-refractivity contribution is 7.99. The molecule has 0 spiro atoms. The molecule has 3 heteroatoms. The van der Waals surface area contributed by atoms with Crippen LogP contribution >= 0.6 is 11.8 Å². The van der Waals surface area contributed by atoms with Crippen LogP contribution in [0.1, 0.15) is 33.1 Å². The second kappa shape index (κ2) is 4.88. The maximum atomic E-state index is 9.16. The second-order valence-corrected chi connectivity index (χ2v) is 4.98. The van der Waals surface area contributed by atoms with Gasteiger partial charge in [-0.15, -0.1) is 0 Å². The number of thioether (sulfide) groups is 1. The van der Waals surface area contributed by atoms with Crippen LogP contribution in [0, 0.1) is 11.3 Å². The van der Waals surface area contributed by atoms with Gasteiger partial charge >= 0.3 is 0 Å². The van der Waals surface area contributed by atoms with Crippen LogP contribution in [0.25, 0.3) is 0 Å². The number of hydrogen-bond acceptors (Lipinski definition) is 3. The normalized spacial score (nSPS) is 23.5. The lowest BCUT2D eigenvalue weighted by atomic mass is 9.93. The summed E-state index contributed by atoms with van der Waals surface area (Å²) in [6, 6.07) is 2.92. The highest BCUT2D eigenvalue weighted by Gasteiger charge is 2.32. The van der Waals surface area contributed by atoms with Crippen LogP contribution in [-0.4, -0.2) is 23.1 Å². The van der Waals surface area contributed by atoms with Crippen LogP contribution in [-0.2, 0) is 0 Å². The molecule has 1 aliphatic heterocycles. The molecule has 1 aliphatic rings. The average Bonchev–Trinajstić information content (AvgIpc) is 2.19. The third-order valence-corrected chi connectivity index (χ3v) is 3.68. The minimum Gasteiger partial charge on any atom is -0.297 e. The van der Waals surface area contributed by atoms with Crippen LogP contribution in [0.15, 0.2) is 0 Å². The molecule has 1 fully saturated rings. The molecule has 74 valence electrons. The molecule has 0 aromatic heterocycles. The second-order valence-electron chi connectivity index (χ2n) is 3.76. The Morgan fingerprint density at radius 2 is 2.15 bits per heavy atom. The fraction of sp³-hybridized carbons (Fsp3) is 0.900. The van der Waals surface area contributed by atoms with Gasteiger partial charge in [0, 0.05) is 6.04 Å². The van der Waals surface area contributed by atoms with Crippen molar-refractivity contribution < 1.29 is 0 Å². The molecule has 1 heterocycles. The van der Waals surface area contributed by atoms with Gasteiger partial charge in [0.2, 0.25) is 0 Å². The van der Waals surface area contributed by atoms with Crippen molar-refractivity contribution in [3.8, 4) is 6.07 Å². The number of nitrogens with one attached hydrogen (secondary N) is 1. The molecule has 1 atom stereocenters. The maximum Gasteiger partial charge on any atom is 0.108 e. The molecule has 0 saturated carbocycles. The van der Waals surface area contributed by atoms with E-state index in [1.54, 1.807) is 0 Å². The van der Waals surface area contributed by atoms with E-state index in [1.165, 1.54) is 0 Å². The molecule has 1 rings (SSSR count). The number of hydrogen-bond donors (Lipinski definition) is 1. The standard InChI is InChI=1S/C10H18N2S/c1-3-9(2)12-10(8-11)4-6-13-7-5-10/h9,12H,3-7H2,1-2H3. The van der Waals surface area contributed by atoms with E-state index in [0.29, 0.717) is 6.04 Å². The Morgan fingerprint density at radius 3 is 2.62 bits per heavy atom. The van der Waals surface area contributed by atoms with Gasteiger partial charge in [0.15, 0.2) is 0 Å². The van der Waals surface area contributed by atoms with E-state index in [0.717, 1.165) is 30.8 Å². The minimum absolute atomic E-state index is 0.222. The van der Waals surface area contributed by atoms with Crippen molar-refractivity contribution in [2.45, 2.75) is 44.7 Å². The summed E-state index contributed by atoms with van der Waals surface area (Å²) in [6.45, 7) is 4.31. The summed E-state index contributed by atoms with van der Waals surface area (Å²) < 4.78 is 0. The van der Waals surface area contributed by atoms with Gasteiger partial charge in [-0.3, -0.25) is 5.32 Å².